The summed E-state index contributed by atoms with van der Waals surface area (Å²) >= 11 is 0. The van der Waals surface area contributed by atoms with Crippen molar-refractivity contribution < 1.29 is 19.1 Å². The van der Waals surface area contributed by atoms with Crippen molar-refractivity contribution in [1.82, 2.24) is 15.2 Å². The predicted octanol–water partition coefficient (Wildman–Crippen LogP) is 2.46. The second-order valence-electron chi connectivity index (χ2n) is 6.86. The molecule has 1 amide bonds. The molecule has 2 rings (SSSR count). The number of nitrogens with one attached hydrogen (secondary N) is 1. The lowest BCUT2D eigenvalue weighted by Crippen LogP contribution is -2.29. The Morgan fingerprint density at radius 2 is 2.04 bits per heavy atom. The van der Waals surface area contributed by atoms with Crippen molar-refractivity contribution in [3.63, 3.8) is 0 Å². The topological polar surface area (TPSA) is 80.8 Å². The van der Waals surface area contributed by atoms with E-state index in [1.807, 2.05) is 24.3 Å². The standard InChI is InChI=1S/C21H31N3O4/c1-27-21(26)9-7-8-19(25)22-11-3-6-15-28-20-16-18(10-12-23-20)17-24-13-4-2-5-14-24/h3,6,10,12,16H,2,4-5,7-9,11,13-15,17H2,1H3,(H,22,25)/b6-3-. The van der Waals surface area contributed by atoms with Crippen LogP contribution in [0.4, 0.5) is 0 Å². The minimum absolute atomic E-state index is 0.0819. The van der Waals surface area contributed by atoms with Crippen LogP contribution in [0.5, 0.6) is 5.88 Å². The first-order chi connectivity index (χ1) is 13.7. The Bertz CT molecular complexity index is 642. The molecule has 1 aromatic rings. The number of methoxy groups -OCH3 is 1. The highest BCUT2D eigenvalue weighted by Gasteiger charge is 2.10. The van der Waals surface area contributed by atoms with Crippen LogP contribution in [0.1, 0.15) is 44.1 Å². The SMILES string of the molecule is COC(=O)CCCC(=O)NC/C=C\COc1cc(CN2CCCCC2)ccn1. The molecule has 28 heavy (non-hydrogen) atoms. The number of hydrogen-bond acceptors (Lipinski definition) is 6. The van der Waals surface area contributed by atoms with Gasteiger partial charge in [-0.15, -0.1) is 0 Å². The zero-order valence-corrected chi connectivity index (χ0v) is 16.7. The van der Waals surface area contributed by atoms with E-state index in [4.69, 9.17) is 4.74 Å². The van der Waals surface area contributed by atoms with E-state index in [0.29, 0.717) is 31.9 Å². The van der Waals surface area contributed by atoms with Gasteiger partial charge in [0.15, 0.2) is 0 Å². The van der Waals surface area contributed by atoms with Gasteiger partial charge in [-0.2, -0.15) is 0 Å². The molecular weight excluding hydrogens is 358 g/mol. The van der Waals surface area contributed by atoms with E-state index < -0.39 is 0 Å². The smallest absolute Gasteiger partial charge is 0.305 e. The number of ether oxygens (including phenoxy) is 2. The zero-order chi connectivity index (χ0) is 20.0. The number of rotatable bonds is 11. The molecule has 1 N–H and O–H groups in total. The maximum Gasteiger partial charge on any atom is 0.305 e. The summed E-state index contributed by atoms with van der Waals surface area (Å²) in [6.07, 6.45) is 10.4. The Hall–Kier alpha value is -2.41. The quantitative estimate of drug-likeness (QED) is 0.463. The minimum Gasteiger partial charge on any atom is -0.473 e. The minimum atomic E-state index is -0.293. The summed E-state index contributed by atoms with van der Waals surface area (Å²) in [6.45, 7) is 4.10. The molecule has 0 atom stereocenters. The average molecular weight is 389 g/mol. The van der Waals surface area contributed by atoms with Crippen molar-refractivity contribution >= 4 is 11.9 Å². The first-order valence-electron chi connectivity index (χ1n) is 9.96. The van der Waals surface area contributed by atoms with Gasteiger partial charge in [0, 0.05) is 38.2 Å². The fourth-order valence-corrected chi connectivity index (χ4v) is 3.04. The molecule has 1 aliphatic rings. The molecule has 1 aliphatic heterocycles. The Morgan fingerprint density at radius 1 is 1.21 bits per heavy atom. The Balaban J connectivity index is 1.60. The van der Waals surface area contributed by atoms with E-state index in [0.717, 1.165) is 19.6 Å². The van der Waals surface area contributed by atoms with Crippen molar-refractivity contribution in [3.05, 3.63) is 36.0 Å². The van der Waals surface area contributed by atoms with Crippen molar-refractivity contribution in [3.8, 4) is 5.88 Å². The van der Waals surface area contributed by atoms with Gasteiger partial charge < -0.3 is 14.8 Å². The summed E-state index contributed by atoms with van der Waals surface area (Å²) in [5.41, 5.74) is 1.22. The molecule has 7 nitrogen and oxygen atoms in total. The van der Waals surface area contributed by atoms with Crippen LogP contribution in [-0.2, 0) is 20.9 Å². The third-order valence-electron chi connectivity index (χ3n) is 4.58. The highest BCUT2D eigenvalue weighted by molar-refractivity contribution is 5.77. The molecule has 1 saturated heterocycles. The first kappa shape index (κ1) is 21.9. The second-order valence-corrected chi connectivity index (χ2v) is 6.86. The van der Waals surface area contributed by atoms with Crippen molar-refractivity contribution in [2.75, 3.05) is 33.4 Å². The Kier molecular flexibility index (Phi) is 10.1. The van der Waals surface area contributed by atoms with E-state index in [9.17, 15) is 9.59 Å². The zero-order valence-electron chi connectivity index (χ0n) is 16.7. The second kappa shape index (κ2) is 12.9. The molecule has 0 saturated carbocycles. The van der Waals surface area contributed by atoms with Gasteiger partial charge in [-0.1, -0.05) is 12.5 Å². The summed E-state index contributed by atoms with van der Waals surface area (Å²) in [5.74, 6) is 0.242. The van der Waals surface area contributed by atoms with Gasteiger partial charge in [0.1, 0.15) is 6.61 Å². The molecule has 0 unspecified atom stereocenters. The van der Waals surface area contributed by atoms with Gasteiger partial charge in [-0.05, 0) is 50.1 Å². The Labute approximate surface area is 167 Å². The highest BCUT2D eigenvalue weighted by atomic mass is 16.5. The van der Waals surface area contributed by atoms with Crippen LogP contribution in [-0.4, -0.2) is 55.1 Å². The summed E-state index contributed by atoms with van der Waals surface area (Å²) in [4.78, 5) is 29.3. The number of amides is 1. The number of piperidine rings is 1. The average Bonchev–Trinajstić information content (AvgIpc) is 2.71. The van der Waals surface area contributed by atoms with Gasteiger partial charge in [-0.3, -0.25) is 14.5 Å². The van der Waals surface area contributed by atoms with E-state index in [-0.39, 0.29) is 18.3 Å². The molecule has 1 fully saturated rings. The summed E-state index contributed by atoms with van der Waals surface area (Å²) in [5, 5.41) is 2.77. The van der Waals surface area contributed by atoms with E-state index in [1.54, 1.807) is 6.20 Å². The molecule has 0 radical (unpaired) electrons. The summed E-state index contributed by atoms with van der Waals surface area (Å²) in [6, 6.07) is 4.03. The maximum absolute atomic E-state index is 11.6. The normalized spacial score (nSPS) is 14.8. The molecule has 0 spiro atoms. The molecule has 1 aromatic heterocycles. The largest absolute Gasteiger partial charge is 0.473 e. The van der Waals surface area contributed by atoms with E-state index in [1.165, 1.54) is 31.9 Å². The van der Waals surface area contributed by atoms with Gasteiger partial charge >= 0.3 is 5.97 Å². The number of aromatic nitrogens is 1. The third-order valence-corrected chi connectivity index (χ3v) is 4.58. The predicted molar refractivity (Wildman–Crippen MR) is 107 cm³/mol. The Morgan fingerprint density at radius 3 is 2.82 bits per heavy atom. The van der Waals surface area contributed by atoms with Crippen molar-refractivity contribution in [1.29, 1.82) is 0 Å². The van der Waals surface area contributed by atoms with Gasteiger partial charge in [0.2, 0.25) is 11.8 Å². The maximum atomic E-state index is 11.6. The van der Waals surface area contributed by atoms with Crippen LogP contribution in [0.25, 0.3) is 0 Å². The fraction of sp³-hybridized carbons (Fsp3) is 0.571. The van der Waals surface area contributed by atoms with E-state index >= 15 is 0 Å². The fourth-order valence-electron chi connectivity index (χ4n) is 3.04. The molecule has 7 heteroatoms. The highest BCUT2D eigenvalue weighted by Crippen LogP contribution is 2.15. The number of carbonyl (C=O) groups excluding carboxylic acids is 2. The molecular formula is C21H31N3O4. The van der Waals surface area contributed by atoms with Crippen LogP contribution in [0.15, 0.2) is 30.5 Å². The monoisotopic (exact) mass is 389 g/mol. The van der Waals surface area contributed by atoms with Gasteiger partial charge in [0.25, 0.3) is 0 Å². The lowest BCUT2D eigenvalue weighted by molar-refractivity contribution is -0.140. The number of nitrogens with zero attached hydrogens (tertiary/aromatic N) is 2. The first-order valence-corrected chi connectivity index (χ1v) is 9.96. The number of pyridine rings is 1. The van der Waals surface area contributed by atoms with Crippen LogP contribution >= 0.6 is 0 Å². The van der Waals surface area contributed by atoms with Crippen LogP contribution < -0.4 is 10.1 Å². The lowest BCUT2D eigenvalue weighted by Gasteiger charge is -2.26. The van der Waals surface area contributed by atoms with Crippen molar-refractivity contribution in [2.24, 2.45) is 0 Å². The molecule has 0 aromatic carbocycles. The molecule has 154 valence electrons. The summed E-state index contributed by atoms with van der Waals surface area (Å²) in [7, 11) is 1.34. The summed E-state index contributed by atoms with van der Waals surface area (Å²) < 4.78 is 10.2. The number of carbonyl (C=O) groups is 2. The van der Waals surface area contributed by atoms with Gasteiger partial charge in [0.05, 0.1) is 7.11 Å². The third kappa shape index (κ3) is 8.99. The lowest BCUT2D eigenvalue weighted by atomic mass is 10.1. The number of likely N-dealkylation sites (tertiary alicyclic amines) is 1. The van der Waals surface area contributed by atoms with E-state index in [2.05, 4.69) is 19.9 Å². The molecule has 0 bridgehead atoms. The molecule has 2 heterocycles. The van der Waals surface area contributed by atoms with Crippen LogP contribution in [0.2, 0.25) is 0 Å². The van der Waals surface area contributed by atoms with Crippen LogP contribution in [0, 0.1) is 0 Å². The van der Waals surface area contributed by atoms with Gasteiger partial charge in [-0.25, -0.2) is 4.98 Å². The van der Waals surface area contributed by atoms with Crippen LogP contribution in [0.3, 0.4) is 0 Å². The molecule has 0 aliphatic carbocycles. The van der Waals surface area contributed by atoms with Crippen molar-refractivity contribution in [2.45, 2.75) is 45.1 Å². The number of hydrogen-bond donors (Lipinski definition) is 1. The number of esters is 1.